The van der Waals surface area contributed by atoms with Crippen molar-refractivity contribution in [2.24, 2.45) is 17.8 Å². The van der Waals surface area contributed by atoms with Crippen molar-refractivity contribution in [3.8, 4) is 0 Å². The summed E-state index contributed by atoms with van der Waals surface area (Å²) in [5.41, 5.74) is 4.26. The minimum absolute atomic E-state index is 0.689. The Hall–Kier alpha value is -0.780. The van der Waals surface area contributed by atoms with Gasteiger partial charge in [-0.1, -0.05) is 76.8 Å². The normalized spacial score (nSPS) is 20.0. The fraction of sp³-hybridized carbons (Fsp3) is 0.714. The fourth-order valence-corrected chi connectivity index (χ4v) is 3.17. The quantitative estimate of drug-likeness (QED) is 0.314. The van der Waals surface area contributed by atoms with Gasteiger partial charge in [0, 0.05) is 0 Å². The average molecular weight is 289 g/mol. The van der Waals surface area contributed by atoms with Gasteiger partial charge in [0.15, 0.2) is 0 Å². The molecule has 1 aliphatic carbocycles. The third kappa shape index (κ3) is 5.49. The SMILES string of the molecule is C=C(C)C(=CCCCC)C=C(C(C)CC)C(C)C1CCC1. The Bertz CT molecular complexity index is 379. The van der Waals surface area contributed by atoms with Crippen molar-refractivity contribution in [3.63, 3.8) is 0 Å². The van der Waals surface area contributed by atoms with Crippen LogP contribution in [0, 0.1) is 17.8 Å². The van der Waals surface area contributed by atoms with Crippen LogP contribution in [0.3, 0.4) is 0 Å². The van der Waals surface area contributed by atoms with Gasteiger partial charge in [-0.25, -0.2) is 0 Å². The van der Waals surface area contributed by atoms with Crippen molar-refractivity contribution in [1.82, 2.24) is 0 Å². The van der Waals surface area contributed by atoms with E-state index in [9.17, 15) is 0 Å². The maximum Gasteiger partial charge on any atom is -0.0197 e. The molecule has 0 bridgehead atoms. The maximum absolute atomic E-state index is 4.20. The third-order valence-electron chi connectivity index (χ3n) is 5.30. The summed E-state index contributed by atoms with van der Waals surface area (Å²) in [4.78, 5) is 0. The Balaban J connectivity index is 2.96. The topological polar surface area (TPSA) is 0 Å². The molecular weight excluding hydrogens is 252 g/mol. The van der Waals surface area contributed by atoms with Crippen molar-refractivity contribution >= 4 is 0 Å². The predicted octanol–water partition coefficient (Wildman–Crippen LogP) is 7.09. The van der Waals surface area contributed by atoms with Gasteiger partial charge in [0.05, 0.1) is 0 Å². The molecule has 1 saturated carbocycles. The second-order valence-corrected chi connectivity index (χ2v) is 7.02. The molecule has 0 radical (unpaired) electrons. The highest BCUT2D eigenvalue weighted by Gasteiger charge is 2.28. The van der Waals surface area contributed by atoms with E-state index in [0.717, 1.165) is 11.8 Å². The van der Waals surface area contributed by atoms with Crippen LogP contribution in [-0.2, 0) is 0 Å². The molecule has 21 heavy (non-hydrogen) atoms. The van der Waals surface area contributed by atoms with Crippen LogP contribution in [0.4, 0.5) is 0 Å². The van der Waals surface area contributed by atoms with Gasteiger partial charge in [-0.05, 0) is 55.9 Å². The number of rotatable bonds is 9. The molecule has 1 fully saturated rings. The van der Waals surface area contributed by atoms with Gasteiger partial charge in [0.2, 0.25) is 0 Å². The van der Waals surface area contributed by atoms with Crippen LogP contribution in [-0.4, -0.2) is 0 Å². The first-order chi connectivity index (χ1) is 10.0. The lowest BCUT2D eigenvalue weighted by Gasteiger charge is -2.35. The molecule has 0 amide bonds. The first kappa shape index (κ1) is 18.3. The van der Waals surface area contributed by atoms with Gasteiger partial charge < -0.3 is 0 Å². The third-order valence-corrected chi connectivity index (χ3v) is 5.30. The highest BCUT2D eigenvalue weighted by molar-refractivity contribution is 5.39. The summed E-state index contributed by atoms with van der Waals surface area (Å²) in [6.07, 6.45) is 14.1. The maximum atomic E-state index is 4.20. The molecule has 0 aromatic rings. The number of hydrogen-bond donors (Lipinski definition) is 0. The Kier molecular flexibility index (Phi) is 8.07. The number of allylic oxidation sites excluding steroid dienone is 5. The Morgan fingerprint density at radius 1 is 1.24 bits per heavy atom. The molecule has 1 rings (SSSR count). The van der Waals surface area contributed by atoms with Gasteiger partial charge in [-0.15, -0.1) is 0 Å². The highest BCUT2D eigenvalue weighted by Crippen LogP contribution is 2.40. The molecule has 0 aromatic heterocycles. The van der Waals surface area contributed by atoms with Crippen molar-refractivity contribution in [2.75, 3.05) is 0 Å². The summed E-state index contributed by atoms with van der Waals surface area (Å²) < 4.78 is 0. The second-order valence-electron chi connectivity index (χ2n) is 7.02. The molecule has 0 saturated heterocycles. The van der Waals surface area contributed by atoms with Crippen LogP contribution in [0.25, 0.3) is 0 Å². The summed E-state index contributed by atoms with van der Waals surface area (Å²) in [6.45, 7) is 15.8. The molecule has 0 N–H and O–H groups in total. The predicted molar refractivity (Wildman–Crippen MR) is 96.5 cm³/mol. The van der Waals surface area contributed by atoms with Crippen molar-refractivity contribution < 1.29 is 0 Å². The van der Waals surface area contributed by atoms with Gasteiger partial charge in [-0.3, -0.25) is 0 Å². The smallest absolute Gasteiger partial charge is 0.0197 e. The Labute approximate surface area is 133 Å². The van der Waals surface area contributed by atoms with E-state index in [1.807, 2.05) is 0 Å². The lowest BCUT2D eigenvalue weighted by molar-refractivity contribution is 0.235. The molecule has 0 heterocycles. The lowest BCUT2D eigenvalue weighted by Crippen LogP contribution is -2.23. The van der Waals surface area contributed by atoms with Crippen LogP contribution in [0.5, 0.6) is 0 Å². The zero-order valence-electron chi connectivity index (χ0n) is 15.0. The summed E-state index contributed by atoms with van der Waals surface area (Å²) in [7, 11) is 0. The zero-order chi connectivity index (χ0) is 15.8. The van der Waals surface area contributed by atoms with Crippen molar-refractivity contribution in [1.29, 1.82) is 0 Å². The molecule has 120 valence electrons. The van der Waals surface area contributed by atoms with E-state index in [2.05, 4.69) is 53.3 Å². The molecule has 0 nitrogen and oxygen atoms in total. The number of hydrogen-bond acceptors (Lipinski definition) is 0. The monoisotopic (exact) mass is 288 g/mol. The minimum atomic E-state index is 0.689. The van der Waals surface area contributed by atoms with E-state index in [1.54, 1.807) is 5.57 Å². The minimum Gasteiger partial charge on any atom is -0.0955 e. The lowest BCUT2D eigenvalue weighted by atomic mass is 9.70. The van der Waals surface area contributed by atoms with Crippen LogP contribution >= 0.6 is 0 Å². The largest absolute Gasteiger partial charge is 0.0955 e. The molecule has 0 aromatic carbocycles. The average Bonchev–Trinajstić information content (AvgIpc) is 2.39. The molecule has 0 aliphatic heterocycles. The number of unbranched alkanes of at least 4 members (excludes halogenated alkanes) is 2. The van der Waals surface area contributed by atoms with Crippen LogP contribution in [0.1, 0.15) is 79.6 Å². The van der Waals surface area contributed by atoms with Crippen LogP contribution < -0.4 is 0 Å². The summed E-state index contributed by atoms with van der Waals surface area (Å²) in [5.74, 6) is 2.35. The van der Waals surface area contributed by atoms with E-state index in [1.165, 1.54) is 56.1 Å². The van der Waals surface area contributed by atoms with Gasteiger partial charge in [-0.2, -0.15) is 0 Å². The second kappa shape index (κ2) is 9.28. The highest BCUT2D eigenvalue weighted by atomic mass is 14.3. The fourth-order valence-electron chi connectivity index (χ4n) is 3.17. The standard InChI is InChI=1S/C21H36/c1-7-9-10-12-20(16(3)4)15-21(17(5)8-2)18(6)19-13-11-14-19/h12,15,17-19H,3,7-11,13-14H2,1-2,4-6H3. The first-order valence-electron chi connectivity index (χ1n) is 9.08. The van der Waals surface area contributed by atoms with E-state index in [-0.39, 0.29) is 0 Å². The molecular formula is C21H36. The summed E-state index contributed by atoms with van der Waals surface area (Å²) in [6, 6.07) is 0. The van der Waals surface area contributed by atoms with Crippen molar-refractivity contribution in [2.45, 2.75) is 79.6 Å². The van der Waals surface area contributed by atoms with Gasteiger partial charge in [0.1, 0.15) is 0 Å². The van der Waals surface area contributed by atoms with E-state index in [4.69, 9.17) is 0 Å². The molecule has 1 aliphatic rings. The van der Waals surface area contributed by atoms with Crippen molar-refractivity contribution in [3.05, 3.63) is 35.5 Å². The first-order valence-corrected chi connectivity index (χ1v) is 9.08. The molecule has 2 unspecified atom stereocenters. The Morgan fingerprint density at radius 3 is 2.33 bits per heavy atom. The Morgan fingerprint density at radius 2 is 1.90 bits per heavy atom. The summed E-state index contributed by atoms with van der Waals surface area (Å²) >= 11 is 0. The van der Waals surface area contributed by atoms with E-state index < -0.39 is 0 Å². The van der Waals surface area contributed by atoms with E-state index >= 15 is 0 Å². The summed E-state index contributed by atoms with van der Waals surface area (Å²) in [5, 5.41) is 0. The van der Waals surface area contributed by atoms with Crippen LogP contribution in [0.2, 0.25) is 0 Å². The van der Waals surface area contributed by atoms with Crippen LogP contribution in [0.15, 0.2) is 35.5 Å². The zero-order valence-corrected chi connectivity index (χ0v) is 15.0. The van der Waals surface area contributed by atoms with Gasteiger partial charge in [0.25, 0.3) is 0 Å². The molecule has 0 heteroatoms. The molecule has 2 atom stereocenters. The molecule has 0 spiro atoms. The van der Waals surface area contributed by atoms with E-state index in [0.29, 0.717) is 5.92 Å². The van der Waals surface area contributed by atoms with Gasteiger partial charge >= 0.3 is 0 Å².